The van der Waals surface area contributed by atoms with Gasteiger partial charge in [-0.3, -0.25) is 4.79 Å². The summed E-state index contributed by atoms with van der Waals surface area (Å²) in [5.74, 6) is 0.103. The number of aromatic nitrogens is 4. The second-order valence-corrected chi connectivity index (χ2v) is 5.53. The third kappa shape index (κ3) is 3.32. The summed E-state index contributed by atoms with van der Waals surface area (Å²) in [5, 5.41) is 4.05. The molecule has 2 aromatic heterocycles. The van der Waals surface area contributed by atoms with Crippen LogP contribution in [0.4, 0.5) is 5.69 Å². The number of hydrogen-bond acceptors (Lipinski definition) is 5. The third-order valence-electron chi connectivity index (χ3n) is 2.64. The average Bonchev–Trinajstić information content (AvgIpc) is 2.94. The van der Waals surface area contributed by atoms with E-state index in [0.717, 1.165) is 5.52 Å². The van der Waals surface area contributed by atoms with Gasteiger partial charge in [-0.2, -0.15) is 0 Å². The van der Waals surface area contributed by atoms with E-state index >= 15 is 0 Å². The first-order valence-electron chi connectivity index (χ1n) is 6.04. The Labute approximate surface area is 129 Å². The minimum Gasteiger partial charge on any atom is -0.341 e. The van der Waals surface area contributed by atoms with E-state index in [0.29, 0.717) is 21.4 Å². The lowest BCUT2D eigenvalue weighted by Gasteiger charge is -2.05. The first-order valence-corrected chi connectivity index (χ1v) is 7.41. The molecule has 0 aliphatic heterocycles. The van der Waals surface area contributed by atoms with Gasteiger partial charge in [-0.1, -0.05) is 29.4 Å². The Balaban J connectivity index is 1.65. The molecule has 0 bridgehead atoms. The number of aromatic amines is 1. The quantitative estimate of drug-likeness (QED) is 0.570. The number of nitrogens with one attached hydrogen (secondary N) is 2. The number of hydrogen-bond donors (Lipinski definition) is 2. The number of halogens is 1. The summed E-state index contributed by atoms with van der Waals surface area (Å²) >= 11 is 7.19. The van der Waals surface area contributed by atoms with Crippen molar-refractivity contribution in [2.24, 2.45) is 0 Å². The van der Waals surface area contributed by atoms with Crippen molar-refractivity contribution >= 4 is 46.1 Å². The highest BCUT2D eigenvalue weighted by atomic mass is 35.5. The van der Waals surface area contributed by atoms with E-state index < -0.39 is 0 Å². The van der Waals surface area contributed by atoms with Crippen LogP contribution in [0.25, 0.3) is 11.2 Å². The number of benzene rings is 1. The number of anilines is 1. The van der Waals surface area contributed by atoms with Gasteiger partial charge in [-0.25, -0.2) is 15.0 Å². The van der Waals surface area contributed by atoms with Crippen molar-refractivity contribution in [1.29, 1.82) is 0 Å². The van der Waals surface area contributed by atoms with Crippen molar-refractivity contribution in [3.63, 3.8) is 0 Å². The molecular formula is C13H10ClN5OS. The van der Waals surface area contributed by atoms with Gasteiger partial charge in [0.15, 0.2) is 5.65 Å². The highest BCUT2D eigenvalue weighted by Crippen LogP contribution is 2.22. The van der Waals surface area contributed by atoms with Gasteiger partial charge < -0.3 is 10.3 Å². The number of rotatable bonds is 4. The monoisotopic (exact) mass is 319 g/mol. The van der Waals surface area contributed by atoms with E-state index in [2.05, 4.69) is 25.3 Å². The highest BCUT2D eigenvalue weighted by molar-refractivity contribution is 8.00. The second kappa shape index (κ2) is 6.11. The molecule has 3 rings (SSSR count). The first kappa shape index (κ1) is 13.8. The van der Waals surface area contributed by atoms with Crippen LogP contribution >= 0.6 is 23.4 Å². The fourth-order valence-corrected chi connectivity index (χ4v) is 2.70. The molecule has 0 saturated carbocycles. The van der Waals surface area contributed by atoms with Crippen molar-refractivity contribution in [3.8, 4) is 0 Å². The lowest BCUT2D eigenvalue weighted by molar-refractivity contribution is -0.113. The fraction of sp³-hybridized carbons (Fsp3) is 0.0769. The number of fused-ring (bicyclic) bond motifs is 1. The summed E-state index contributed by atoms with van der Waals surface area (Å²) in [4.78, 5) is 27.1. The SMILES string of the molecule is O=C(CSc1ncnc2nc[nH]c12)Nc1cccc(Cl)c1. The molecule has 0 radical (unpaired) electrons. The maximum Gasteiger partial charge on any atom is 0.234 e. The predicted octanol–water partition coefficient (Wildman–Crippen LogP) is 2.74. The van der Waals surface area contributed by atoms with Gasteiger partial charge in [0.05, 0.1) is 12.1 Å². The summed E-state index contributed by atoms with van der Waals surface area (Å²) in [6, 6.07) is 7.01. The molecule has 2 heterocycles. The normalized spacial score (nSPS) is 10.7. The molecule has 106 valence electrons. The van der Waals surface area contributed by atoms with Gasteiger partial charge in [0.1, 0.15) is 16.9 Å². The molecule has 1 amide bonds. The van der Waals surface area contributed by atoms with Crippen LogP contribution in [0.5, 0.6) is 0 Å². The molecule has 21 heavy (non-hydrogen) atoms. The van der Waals surface area contributed by atoms with Crippen LogP contribution in [0, 0.1) is 0 Å². The van der Waals surface area contributed by atoms with Gasteiger partial charge in [-0.05, 0) is 18.2 Å². The van der Waals surface area contributed by atoms with E-state index in [9.17, 15) is 4.79 Å². The van der Waals surface area contributed by atoms with Gasteiger partial charge in [-0.15, -0.1) is 0 Å². The Morgan fingerprint density at radius 1 is 1.33 bits per heavy atom. The molecule has 0 fully saturated rings. The van der Waals surface area contributed by atoms with Crippen molar-refractivity contribution in [1.82, 2.24) is 19.9 Å². The van der Waals surface area contributed by atoms with Crippen LogP contribution < -0.4 is 5.32 Å². The smallest absolute Gasteiger partial charge is 0.234 e. The average molecular weight is 320 g/mol. The van der Waals surface area contributed by atoms with Crippen LogP contribution in [-0.4, -0.2) is 31.6 Å². The minimum atomic E-state index is -0.131. The summed E-state index contributed by atoms with van der Waals surface area (Å²) in [5.41, 5.74) is 1.99. The van der Waals surface area contributed by atoms with Crippen LogP contribution in [0.1, 0.15) is 0 Å². The van der Waals surface area contributed by atoms with E-state index in [1.54, 1.807) is 30.6 Å². The van der Waals surface area contributed by atoms with Gasteiger partial charge in [0.25, 0.3) is 0 Å². The van der Waals surface area contributed by atoms with Crippen LogP contribution in [0.2, 0.25) is 5.02 Å². The molecule has 3 aromatic rings. The predicted molar refractivity (Wildman–Crippen MR) is 82.5 cm³/mol. The van der Waals surface area contributed by atoms with E-state index in [1.165, 1.54) is 18.1 Å². The van der Waals surface area contributed by atoms with E-state index in [4.69, 9.17) is 11.6 Å². The molecule has 8 heteroatoms. The summed E-state index contributed by atoms with van der Waals surface area (Å²) < 4.78 is 0. The van der Waals surface area contributed by atoms with Crippen LogP contribution in [0.15, 0.2) is 41.9 Å². The Morgan fingerprint density at radius 3 is 3.10 bits per heavy atom. The zero-order chi connectivity index (χ0) is 14.7. The Bertz CT molecular complexity index is 791. The number of carbonyl (C=O) groups excluding carboxylic acids is 1. The van der Waals surface area contributed by atoms with Crippen LogP contribution in [0.3, 0.4) is 0 Å². The third-order valence-corrected chi connectivity index (χ3v) is 3.86. The zero-order valence-electron chi connectivity index (χ0n) is 10.7. The topological polar surface area (TPSA) is 83.6 Å². The largest absolute Gasteiger partial charge is 0.341 e. The number of nitrogens with zero attached hydrogens (tertiary/aromatic N) is 3. The lowest BCUT2D eigenvalue weighted by atomic mass is 10.3. The van der Waals surface area contributed by atoms with Gasteiger partial charge >= 0.3 is 0 Å². The number of thioether (sulfide) groups is 1. The molecule has 2 N–H and O–H groups in total. The maximum absolute atomic E-state index is 11.9. The van der Waals surface area contributed by atoms with Crippen molar-refractivity contribution in [3.05, 3.63) is 41.9 Å². The van der Waals surface area contributed by atoms with Crippen molar-refractivity contribution in [2.75, 3.05) is 11.1 Å². The molecule has 0 atom stereocenters. The molecule has 0 unspecified atom stereocenters. The fourth-order valence-electron chi connectivity index (χ4n) is 1.75. The molecule has 1 aromatic carbocycles. The number of imidazole rings is 1. The first-order chi connectivity index (χ1) is 10.2. The van der Waals surface area contributed by atoms with Gasteiger partial charge in [0, 0.05) is 10.7 Å². The Kier molecular flexibility index (Phi) is 4.03. The number of H-pyrrole nitrogens is 1. The van der Waals surface area contributed by atoms with Crippen molar-refractivity contribution < 1.29 is 4.79 Å². The zero-order valence-corrected chi connectivity index (χ0v) is 12.3. The van der Waals surface area contributed by atoms with E-state index in [-0.39, 0.29) is 11.7 Å². The summed E-state index contributed by atoms with van der Waals surface area (Å²) in [6.45, 7) is 0. The van der Waals surface area contributed by atoms with Crippen LogP contribution in [-0.2, 0) is 4.79 Å². The molecule has 0 spiro atoms. The lowest BCUT2D eigenvalue weighted by Crippen LogP contribution is -2.14. The molecule has 0 aliphatic carbocycles. The van der Waals surface area contributed by atoms with Gasteiger partial charge in [0.2, 0.25) is 5.91 Å². The molecule has 6 nitrogen and oxygen atoms in total. The minimum absolute atomic E-state index is 0.131. The summed E-state index contributed by atoms with van der Waals surface area (Å²) in [7, 11) is 0. The standard InChI is InChI=1S/C13H10ClN5OS/c14-8-2-1-3-9(4-8)19-10(20)5-21-13-11-12(16-6-15-11)17-7-18-13/h1-4,6-7H,5H2,(H,19,20)(H,15,16,17,18). The molecule has 0 aliphatic rings. The Hall–Kier alpha value is -2.12. The maximum atomic E-state index is 11.9. The van der Waals surface area contributed by atoms with Crippen molar-refractivity contribution in [2.45, 2.75) is 5.03 Å². The number of carbonyl (C=O) groups is 1. The second-order valence-electron chi connectivity index (χ2n) is 4.13. The highest BCUT2D eigenvalue weighted by Gasteiger charge is 2.09. The Morgan fingerprint density at radius 2 is 2.24 bits per heavy atom. The van der Waals surface area contributed by atoms with E-state index in [1.807, 2.05) is 0 Å². The summed E-state index contributed by atoms with van der Waals surface area (Å²) in [6.07, 6.45) is 2.98. The molecule has 0 saturated heterocycles. The number of amides is 1. The molecular weight excluding hydrogens is 310 g/mol.